The summed E-state index contributed by atoms with van der Waals surface area (Å²) in [5, 5.41) is 0. The summed E-state index contributed by atoms with van der Waals surface area (Å²) in [6.07, 6.45) is 4.26. The maximum Gasteiger partial charge on any atom is 0.129 e. The van der Waals surface area contributed by atoms with E-state index in [0.717, 1.165) is 12.8 Å². The van der Waals surface area contributed by atoms with Crippen molar-refractivity contribution in [3.63, 3.8) is 0 Å². The Morgan fingerprint density at radius 2 is 1.67 bits per heavy atom. The van der Waals surface area contributed by atoms with E-state index in [0.29, 0.717) is 11.7 Å². The average Bonchev–Trinajstić information content (AvgIpc) is 2.01. The topological polar surface area (TPSA) is 17.1 Å². The largest absolute Gasteiger partial charge is 0.300 e. The van der Waals surface area contributed by atoms with E-state index in [4.69, 9.17) is 0 Å². The first-order valence-electron chi connectivity index (χ1n) is 5.07. The third-order valence-electron chi connectivity index (χ3n) is 1.69. The van der Waals surface area contributed by atoms with Gasteiger partial charge in [-0.05, 0) is 19.3 Å². The van der Waals surface area contributed by atoms with Crippen LogP contribution >= 0.6 is 0 Å². The number of hydrogen-bond acceptors (Lipinski definition) is 1. The van der Waals surface area contributed by atoms with Gasteiger partial charge < -0.3 is 4.79 Å². The fourth-order valence-electron chi connectivity index (χ4n) is 0.654. The third-order valence-corrected chi connectivity index (χ3v) is 1.69. The van der Waals surface area contributed by atoms with E-state index in [1.165, 1.54) is 12.8 Å². The molecule has 0 radical (unpaired) electrons. The summed E-state index contributed by atoms with van der Waals surface area (Å²) in [6.45, 7) is 10.2. The van der Waals surface area contributed by atoms with Gasteiger partial charge in [-0.15, -0.1) is 0 Å². The minimum absolute atomic E-state index is 0.315. The van der Waals surface area contributed by atoms with E-state index in [2.05, 4.69) is 27.7 Å². The fourth-order valence-corrected chi connectivity index (χ4v) is 0.654. The van der Waals surface area contributed by atoms with Crippen molar-refractivity contribution in [2.45, 2.75) is 60.3 Å². The Balaban J connectivity index is 0. The smallest absolute Gasteiger partial charge is 0.129 e. The van der Waals surface area contributed by atoms with Crippen LogP contribution in [-0.4, -0.2) is 5.78 Å². The Bertz CT molecular complexity index is 97.2. The lowest BCUT2D eigenvalue weighted by Crippen LogP contribution is -1.96. The Hall–Kier alpha value is -0.330. The molecule has 1 heteroatoms. The summed E-state index contributed by atoms with van der Waals surface area (Å²) in [5.74, 6) is 1.03. The number of Topliss-reactive ketones (excluding diaryl/α,β-unsaturated/α-hetero) is 1. The van der Waals surface area contributed by atoms with Crippen molar-refractivity contribution in [2.24, 2.45) is 5.92 Å². The molecule has 0 fully saturated rings. The second-order valence-electron chi connectivity index (χ2n) is 3.46. The van der Waals surface area contributed by atoms with E-state index in [-0.39, 0.29) is 0 Å². The summed E-state index contributed by atoms with van der Waals surface area (Å²) < 4.78 is 0. The molecule has 12 heavy (non-hydrogen) atoms. The Labute approximate surface area is 77.6 Å². The first-order chi connectivity index (χ1) is 5.58. The van der Waals surface area contributed by atoms with Crippen molar-refractivity contribution in [1.29, 1.82) is 0 Å². The highest BCUT2D eigenvalue weighted by molar-refractivity contribution is 5.75. The Morgan fingerprint density at radius 3 is 1.92 bits per heavy atom. The van der Waals surface area contributed by atoms with Gasteiger partial charge >= 0.3 is 0 Å². The number of rotatable bonds is 4. The van der Waals surface area contributed by atoms with Crippen molar-refractivity contribution in [3.8, 4) is 0 Å². The van der Waals surface area contributed by atoms with Crippen molar-refractivity contribution in [1.82, 2.24) is 0 Å². The van der Waals surface area contributed by atoms with Gasteiger partial charge in [-0.25, -0.2) is 0 Å². The highest BCUT2D eigenvalue weighted by Crippen LogP contribution is 2.08. The van der Waals surface area contributed by atoms with Crippen LogP contribution in [0.1, 0.15) is 60.3 Å². The van der Waals surface area contributed by atoms with E-state index >= 15 is 0 Å². The molecule has 74 valence electrons. The summed E-state index contributed by atoms with van der Waals surface area (Å²) in [6, 6.07) is 0. The average molecular weight is 172 g/mol. The van der Waals surface area contributed by atoms with Gasteiger partial charge in [0.1, 0.15) is 5.78 Å². The Morgan fingerprint density at radius 1 is 1.25 bits per heavy atom. The van der Waals surface area contributed by atoms with Gasteiger partial charge in [0, 0.05) is 6.42 Å². The van der Waals surface area contributed by atoms with Crippen LogP contribution in [0, 0.1) is 5.92 Å². The van der Waals surface area contributed by atoms with Gasteiger partial charge in [0.25, 0.3) is 0 Å². The van der Waals surface area contributed by atoms with Crippen LogP contribution in [0.15, 0.2) is 0 Å². The Kier molecular flexibility index (Phi) is 12.6. The lowest BCUT2D eigenvalue weighted by atomic mass is 10.0. The molecule has 0 aliphatic rings. The van der Waals surface area contributed by atoms with Crippen molar-refractivity contribution in [2.75, 3.05) is 0 Å². The third kappa shape index (κ3) is 16.3. The van der Waals surface area contributed by atoms with E-state index in [1.807, 2.05) is 0 Å². The van der Waals surface area contributed by atoms with Crippen LogP contribution in [0.4, 0.5) is 0 Å². The molecule has 0 amide bonds. The van der Waals surface area contributed by atoms with Gasteiger partial charge in [0.05, 0.1) is 0 Å². The number of carbonyl (C=O) groups excluding carboxylic acids is 1. The number of hydrogen-bond donors (Lipinski definition) is 0. The van der Waals surface area contributed by atoms with Gasteiger partial charge in [-0.2, -0.15) is 0 Å². The zero-order valence-corrected chi connectivity index (χ0v) is 9.31. The number of carbonyl (C=O) groups is 1. The SMILES string of the molecule is CCC.CCC(C)CCC(C)=O. The molecule has 0 aliphatic heterocycles. The molecule has 0 aromatic heterocycles. The minimum Gasteiger partial charge on any atom is -0.300 e. The quantitative estimate of drug-likeness (QED) is 0.630. The van der Waals surface area contributed by atoms with Crippen molar-refractivity contribution < 1.29 is 4.79 Å². The second-order valence-corrected chi connectivity index (χ2v) is 3.46. The summed E-state index contributed by atoms with van der Waals surface area (Å²) >= 11 is 0. The molecule has 0 N–H and O–H groups in total. The van der Waals surface area contributed by atoms with Crippen molar-refractivity contribution in [3.05, 3.63) is 0 Å². The predicted molar refractivity (Wildman–Crippen MR) is 55.3 cm³/mol. The molecule has 0 bridgehead atoms. The van der Waals surface area contributed by atoms with Crippen LogP contribution in [-0.2, 0) is 4.79 Å². The first kappa shape index (κ1) is 14.2. The van der Waals surface area contributed by atoms with Crippen LogP contribution < -0.4 is 0 Å². The van der Waals surface area contributed by atoms with Crippen LogP contribution in [0.2, 0.25) is 0 Å². The van der Waals surface area contributed by atoms with Crippen molar-refractivity contribution >= 4 is 5.78 Å². The van der Waals surface area contributed by atoms with E-state index in [9.17, 15) is 4.79 Å². The molecule has 0 rings (SSSR count). The molecule has 0 aliphatic carbocycles. The molecular weight excluding hydrogens is 148 g/mol. The summed E-state index contributed by atoms with van der Waals surface area (Å²) in [7, 11) is 0. The number of ketones is 1. The van der Waals surface area contributed by atoms with Gasteiger partial charge in [-0.1, -0.05) is 40.5 Å². The zero-order chi connectivity index (χ0) is 9.98. The van der Waals surface area contributed by atoms with Gasteiger partial charge in [-0.3, -0.25) is 0 Å². The van der Waals surface area contributed by atoms with E-state index in [1.54, 1.807) is 6.92 Å². The minimum atomic E-state index is 0.315. The van der Waals surface area contributed by atoms with Gasteiger partial charge in [0.15, 0.2) is 0 Å². The van der Waals surface area contributed by atoms with Gasteiger partial charge in [0.2, 0.25) is 0 Å². The molecule has 0 heterocycles. The molecule has 0 spiro atoms. The van der Waals surface area contributed by atoms with Crippen LogP contribution in [0.5, 0.6) is 0 Å². The predicted octanol–water partition coefficient (Wildman–Crippen LogP) is 3.82. The fraction of sp³-hybridized carbons (Fsp3) is 0.909. The van der Waals surface area contributed by atoms with Crippen LogP contribution in [0.3, 0.4) is 0 Å². The molecule has 0 aromatic rings. The first-order valence-corrected chi connectivity index (χ1v) is 5.07. The lowest BCUT2D eigenvalue weighted by Gasteiger charge is -2.04. The maximum atomic E-state index is 10.5. The molecule has 1 unspecified atom stereocenters. The summed E-state index contributed by atoms with van der Waals surface area (Å²) in [4.78, 5) is 10.5. The zero-order valence-electron chi connectivity index (χ0n) is 9.31. The highest BCUT2D eigenvalue weighted by atomic mass is 16.1. The normalized spacial score (nSPS) is 11.4. The van der Waals surface area contributed by atoms with Crippen LogP contribution in [0.25, 0.3) is 0 Å². The second kappa shape index (κ2) is 10.7. The standard InChI is InChI=1S/C8H16O.C3H8/c1-4-7(2)5-6-8(3)9;1-3-2/h7H,4-6H2,1-3H3;3H2,1-2H3. The molecule has 0 aromatic carbocycles. The molecule has 0 saturated heterocycles. The van der Waals surface area contributed by atoms with E-state index < -0.39 is 0 Å². The maximum absolute atomic E-state index is 10.5. The molecular formula is C11H24O. The monoisotopic (exact) mass is 172 g/mol. The lowest BCUT2D eigenvalue weighted by molar-refractivity contribution is -0.117. The molecule has 1 nitrogen and oxygen atoms in total. The molecule has 1 atom stereocenters. The summed E-state index contributed by atoms with van der Waals surface area (Å²) in [5.41, 5.74) is 0. The highest BCUT2D eigenvalue weighted by Gasteiger charge is 1.99. The molecule has 0 saturated carbocycles.